The standard InChI is InChI=1S/C28H25N3O5S/c1-18-6-2-3-7-20(18)17-31-24(27(33)29-16-22-8-4-14-35-22)25(36-28(31)34)19-10-12-21(13-11-19)30-26(32)23-9-5-15-37-23/h2-15,24-25H,16-17H2,1H3,(H,29,33)(H,30,32)/t24-,25-/m0/s1. The molecule has 1 aliphatic heterocycles. The van der Waals surface area contributed by atoms with Crippen molar-refractivity contribution in [3.63, 3.8) is 0 Å². The van der Waals surface area contributed by atoms with E-state index in [0.717, 1.165) is 11.1 Å². The zero-order chi connectivity index (χ0) is 25.8. The predicted octanol–water partition coefficient (Wildman–Crippen LogP) is 5.28. The first-order valence-corrected chi connectivity index (χ1v) is 12.6. The van der Waals surface area contributed by atoms with Gasteiger partial charge in [0.05, 0.1) is 24.2 Å². The highest BCUT2D eigenvalue weighted by Crippen LogP contribution is 2.35. The molecule has 2 atom stereocenters. The van der Waals surface area contributed by atoms with Crippen LogP contribution in [0, 0.1) is 6.92 Å². The summed E-state index contributed by atoms with van der Waals surface area (Å²) in [5.41, 5.74) is 3.19. The van der Waals surface area contributed by atoms with Crippen LogP contribution in [0.1, 0.15) is 38.2 Å². The number of hydrogen-bond acceptors (Lipinski definition) is 6. The van der Waals surface area contributed by atoms with Crippen LogP contribution in [-0.4, -0.2) is 28.8 Å². The van der Waals surface area contributed by atoms with E-state index in [2.05, 4.69) is 10.6 Å². The van der Waals surface area contributed by atoms with Crippen molar-refractivity contribution in [2.24, 2.45) is 0 Å². The van der Waals surface area contributed by atoms with Gasteiger partial charge >= 0.3 is 6.09 Å². The number of hydrogen-bond donors (Lipinski definition) is 2. The second-order valence-electron chi connectivity index (χ2n) is 8.65. The van der Waals surface area contributed by atoms with Crippen molar-refractivity contribution in [3.8, 4) is 0 Å². The summed E-state index contributed by atoms with van der Waals surface area (Å²) in [7, 11) is 0. The van der Waals surface area contributed by atoms with E-state index in [1.807, 2.05) is 42.6 Å². The molecule has 0 spiro atoms. The maximum atomic E-state index is 13.4. The van der Waals surface area contributed by atoms with E-state index < -0.39 is 18.2 Å². The first-order valence-electron chi connectivity index (χ1n) is 11.8. The van der Waals surface area contributed by atoms with Crippen molar-refractivity contribution in [1.82, 2.24) is 10.2 Å². The van der Waals surface area contributed by atoms with Gasteiger partial charge in [0.2, 0.25) is 5.91 Å². The lowest BCUT2D eigenvalue weighted by Gasteiger charge is -2.24. The summed E-state index contributed by atoms with van der Waals surface area (Å²) in [6.07, 6.45) is 0.145. The number of thiophene rings is 1. The van der Waals surface area contributed by atoms with Crippen LogP contribution < -0.4 is 10.6 Å². The number of ether oxygens (including phenoxy) is 1. The molecule has 4 aromatic rings. The van der Waals surface area contributed by atoms with Crippen LogP contribution in [0.25, 0.3) is 0 Å². The Labute approximate surface area is 217 Å². The molecule has 1 aliphatic rings. The molecule has 2 aromatic heterocycles. The number of carbonyl (C=O) groups excluding carboxylic acids is 3. The van der Waals surface area contributed by atoms with Crippen LogP contribution in [0.2, 0.25) is 0 Å². The summed E-state index contributed by atoms with van der Waals surface area (Å²) in [4.78, 5) is 40.9. The van der Waals surface area contributed by atoms with E-state index in [-0.39, 0.29) is 24.9 Å². The number of nitrogens with zero attached hydrogens (tertiary/aromatic N) is 1. The fraction of sp³-hybridized carbons (Fsp3) is 0.179. The first-order chi connectivity index (χ1) is 18.0. The van der Waals surface area contributed by atoms with Gasteiger partial charge in [0.25, 0.3) is 5.91 Å². The highest BCUT2D eigenvalue weighted by molar-refractivity contribution is 7.12. The summed E-state index contributed by atoms with van der Waals surface area (Å²) in [5.74, 6) is 0.0528. The van der Waals surface area contributed by atoms with E-state index >= 15 is 0 Å². The number of amides is 3. The number of anilines is 1. The summed E-state index contributed by atoms with van der Waals surface area (Å²) < 4.78 is 11.1. The lowest BCUT2D eigenvalue weighted by molar-refractivity contribution is -0.126. The van der Waals surface area contributed by atoms with Gasteiger partial charge in [0.1, 0.15) is 5.76 Å². The van der Waals surface area contributed by atoms with Gasteiger partial charge < -0.3 is 19.8 Å². The molecule has 9 heteroatoms. The van der Waals surface area contributed by atoms with Gasteiger partial charge in [-0.3, -0.25) is 14.5 Å². The van der Waals surface area contributed by atoms with Gasteiger partial charge in [0.15, 0.2) is 12.1 Å². The number of nitrogens with one attached hydrogen (secondary N) is 2. The highest BCUT2D eigenvalue weighted by atomic mass is 32.1. The molecule has 37 heavy (non-hydrogen) atoms. The Morgan fingerprint density at radius 2 is 1.81 bits per heavy atom. The maximum absolute atomic E-state index is 13.4. The molecule has 188 valence electrons. The molecule has 0 radical (unpaired) electrons. The van der Waals surface area contributed by atoms with Crippen molar-refractivity contribution in [3.05, 3.63) is 112 Å². The van der Waals surface area contributed by atoms with Crippen LogP contribution >= 0.6 is 11.3 Å². The van der Waals surface area contributed by atoms with E-state index in [4.69, 9.17) is 9.15 Å². The molecular weight excluding hydrogens is 490 g/mol. The molecular formula is C28H25N3O5S. The van der Waals surface area contributed by atoms with Gasteiger partial charge in [-0.25, -0.2) is 4.79 Å². The molecule has 0 saturated carbocycles. The van der Waals surface area contributed by atoms with Gasteiger partial charge in [0, 0.05) is 5.69 Å². The van der Waals surface area contributed by atoms with Crippen LogP contribution in [0.15, 0.2) is 88.9 Å². The SMILES string of the molecule is Cc1ccccc1CN1C(=O)O[C@@H](c2ccc(NC(=O)c3cccs3)cc2)[C@H]1C(=O)NCc1ccco1. The van der Waals surface area contributed by atoms with Crippen LogP contribution in [0.5, 0.6) is 0 Å². The van der Waals surface area contributed by atoms with E-state index in [9.17, 15) is 14.4 Å². The molecule has 1 fully saturated rings. The average molecular weight is 516 g/mol. The van der Waals surface area contributed by atoms with Gasteiger partial charge in [-0.05, 0) is 59.3 Å². The number of furan rings is 1. The van der Waals surface area contributed by atoms with Gasteiger partial charge in [-0.1, -0.05) is 42.5 Å². The summed E-state index contributed by atoms with van der Waals surface area (Å²) in [6.45, 7) is 2.38. The van der Waals surface area contributed by atoms with Crippen molar-refractivity contribution in [2.45, 2.75) is 32.2 Å². The third-order valence-corrected chi connectivity index (χ3v) is 7.08. The number of benzene rings is 2. The molecule has 0 bridgehead atoms. The number of carbonyl (C=O) groups is 3. The number of cyclic esters (lactones) is 1. The normalized spacial score (nSPS) is 16.9. The third kappa shape index (κ3) is 5.41. The Balaban J connectivity index is 1.38. The molecule has 3 amide bonds. The Morgan fingerprint density at radius 1 is 1.00 bits per heavy atom. The molecule has 3 heterocycles. The Hall–Kier alpha value is -4.37. The molecule has 0 unspecified atom stereocenters. The summed E-state index contributed by atoms with van der Waals surface area (Å²) in [6, 6.07) is 20.9. The Bertz CT molecular complexity index is 1380. The molecule has 1 saturated heterocycles. The lowest BCUT2D eigenvalue weighted by atomic mass is 9.99. The molecule has 0 aliphatic carbocycles. The Kier molecular flexibility index (Phi) is 7.04. The minimum absolute atomic E-state index is 0.190. The molecule has 8 nitrogen and oxygen atoms in total. The number of aryl methyl sites for hydroxylation is 1. The van der Waals surface area contributed by atoms with Crippen molar-refractivity contribution < 1.29 is 23.5 Å². The molecule has 2 aromatic carbocycles. The second-order valence-corrected chi connectivity index (χ2v) is 9.60. The average Bonchev–Trinajstić information content (AvgIpc) is 3.67. The van der Waals surface area contributed by atoms with E-state index in [0.29, 0.717) is 21.9 Å². The topological polar surface area (TPSA) is 101 Å². The number of rotatable bonds is 8. The zero-order valence-electron chi connectivity index (χ0n) is 20.0. The fourth-order valence-electron chi connectivity index (χ4n) is 4.23. The largest absolute Gasteiger partial charge is 0.467 e. The summed E-state index contributed by atoms with van der Waals surface area (Å²) in [5, 5.41) is 7.56. The maximum Gasteiger partial charge on any atom is 0.411 e. The minimum atomic E-state index is -0.895. The summed E-state index contributed by atoms with van der Waals surface area (Å²) >= 11 is 1.36. The van der Waals surface area contributed by atoms with Gasteiger partial charge in [-0.2, -0.15) is 0 Å². The monoisotopic (exact) mass is 515 g/mol. The van der Waals surface area contributed by atoms with Gasteiger partial charge in [-0.15, -0.1) is 11.3 Å². The van der Waals surface area contributed by atoms with Crippen LogP contribution in [0.3, 0.4) is 0 Å². The zero-order valence-corrected chi connectivity index (χ0v) is 20.9. The highest BCUT2D eigenvalue weighted by Gasteiger charge is 2.47. The van der Waals surface area contributed by atoms with Crippen molar-refractivity contribution in [1.29, 1.82) is 0 Å². The smallest absolute Gasteiger partial charge is 0.411 e. The molecule has 2 N–H and O–H groups in total. The first kappa shape index (κ1) is 24.3. The molecule has 5 rings (SSSR count). The van der Waals surface area contributed by atoms with E-state index in [1.165, 1.54) is 22.5 Å². The quantitative estimate of drug-likeness (QED) is 0.333. The fourth-order valence-corrected chi connectivity index (χ4v) is 4.85. The lowest BCUT2D eigenvalue weighted by Crippen LogP contribution is -2.46. The Morgan fingerprint density at radius 3 is 2.51 bits per heavy atom. The minimum Gasteiger partial charge on any atom is -0.467 e. The predicted molar refractivity (Wildman–Crippen MR) is 139 cm³/mol. The van der Waals surface area contributed by atoms with E-state index in [1.54, 1.807) is 42.5 Å². The van der Waals surface area contributed by atoms with Crippen LogP contribution in [0.4, 0.5) is 10.5 Å². The third-order valence-electron chi connectivity index (χ3n) is 6.21. The second kappa shape index (κ2) is 10.7. The van der Waals surface area contributed by atoms with Crippen LogP contribution in [-0.2, 0) is 22.6 Å². The van der Waals surface area contributed by atoms with Crippen molar-refractivity contribution in [2.75, 3.05) is 5.32 Å². The van der Waals surface area contributed by atoms with Crippen molar-refractivity contribution >= 4 is 34.9 Å².